The fourth-order valence-electron chi connectivity index (χ4n) is 2.55. The number of carbonyl (C=O) groups is 1. The second-order valence-corrected chi connectivity index (χ2v) is 5.78. The van der Waals surface area contributed by atoms with Crippen LogP contribution >= 0.6 is 15.9 Å². The van der Waals surface area contributed by atoms with Crippen molar-refractivity contribution in [3.05, 3.63) is 28.2 Å². The van der Waals surface area contributed by atoms with E-state index < -0.39 is 0 Å². The molecule has 2 nitrogen and oxygen atoms in total. The minimum Gasteiger partial charge on any atom is -0.398 e. The first-order valence-corrected chi connectivity index (χ1v) is 7.04. The van der Waals surface area contributed by atoms with Crippen LogP contribution in [0, 0.1) is 5.92 Å². The number of ketones is 1. The molecule has 17 heavy (non-hydrogen) atoms. The van der Waals surface area contributed by atoms with E-state index in [1.165, 1.54) is 32.1 Å². The van der Waals surface area contributed by atoms with E-state index in [4.69, 9.17) is 5.73 Å². The number of nitrogens with two attached hydrogens (primary N) is 1. The smallest absolute Gasteiger partial charge is 0.165 e. The molecule has 0 atom stereocenters. The highest BCUT2D eigenvalue weighted by Crippen LogP contribution is 2.29. The van der Waals surface area contributed by atoms with Gasteiger partial charge in [0.25, 0.3) is 0 Å². The lowest BCUT2D eigenvalue weighted by molar-refractivity contribution is 0.0951. The third kappa shape index (κ3) is 3.32. The van der Waals surface area contributed by atoms with E-state index in [2.05, 4.69) is 15.9 Å². The zero-order chi connectivity index (χ0) is 12.3. The zero-order valence-corrected chi connectivity index (χ0v) is 11.5. The fourth-order valence-corrected chi connectivity index (χ4v) is 2.93. The molecular formula is C14H18BrNO. The molecule has 0 amide bonds. The molecule has 1 fully saturated rings. The van der Waals surface area contributed by atoms with Crippen molar-refractivity contribution in [3.8, 4) is 0 Å². The summed E-state index contributed by atoms with van der Waals surface area (Å²) in [6.07, 6.45) is 6.92. The molecule has 1 saturated carbocycles. The lowest BCUT2D eigenvalue weighted by Gasteiger charge is -2.20. The highest BCUT2D eigenvalue weighted by atomic mass is 79.9. The van der Waals surface area contributed by atoms with Gasteiger partial charge in [0.15, 0.2) is 5.78 Å². The molecule has 3 heteroatoms. The van der Waals surface area contributed by atoms with Crippen molar-refractivity contribution in [2.24, 2.45) is 5.92 Å². The summed E-state index contributed by atoms with van der Waals surface area (Å²) in [6.45, 7) is 0. The van der Waals surface area contributed by atoms with E-state index in [0.717, 1.165) is 4.47 Å². The van der Waals surface area contributed by atoms with Gasteiger partial charge in [-0.25, -0.2) is 0 Å². The van der Waals surface area contributed by atoms with Crippen LogP contribution in [-0.2, 0) is 0 Å². The molecule has 1 aromatic rings. The first-order chi connectivity index (χ1) is 8.16. The van der Waals surface area contributed by atoms with Crippen molar-refractivity contribution in [3.63, 3.8) is 0 Å². The number of carbonyl (C=O) groups excluding carboxylic acids is 1. The third-order valence-corrected chi connectivity index (χ3v) is 4.01. The second kappa shape index (κ2) is 5.67. The van der Waals surface area contributed by atoms with E-state index in [9.17, 15) is 4.79 Å². The van der Waals surface area contributed by atoms with Gasteiger partial charge < -0.3 is 5.73 Å². The fraction of sp³-hybridized carbons (Fsp3) is 0.500. The summed E-state index contributed by atoms with van der Waals surface area (Å²) >= 11 is 3.35. The first kappa shape index (κ1) is 12.6. The predicted molar refractivity (Wildman–Crippen MR) is 74.1 cm³/mol. The second-order valence-electron chi connectivity index (χ2n) is 4.86. The molecule has 0 saturated heterocycles. The molecule has 92 valence electrons. The van der Waals surface area contributed by atoms with E-state index >= 15 is 0 Å². The Kier molecular flexibility index (Phi) is 4.21. The van der Waals surface area contributed by atoms with Gasteiger partial charge in [0.1, 0.15) is 0 Å². The molecule has 0 radical (unpaired) electrons. The predicted octanol–water partition coefficient (Wildman–Crippen LogP) is 4.18. The van der Waals surface area contributed by atoms with Gasteiger partial charge in [0.05, 0.1) is 0 Å². The molecule has 1 aromatic carbocycles. The van der Waals surface area contributed by atoms with Crippen LogP contribution in [0.25, 0.3) is 0 Å². The average molecular weight is 296 g/mol. The van der Waals surface area contributed by atoms with Gasteiger partial charge >= 0.3 is 0 Å². The summed E-state index contributed by atoms with van der Waals surface area (Å²) in [7, 11) is 0. The number of nitrogen functional groups attached to an aromatic ring is 1. The summed E-state index contributed by atoms with van der Waals surface area (Å²) in [6, 6.07) is 5.50. The van der Waals surface area contributed by atoms with Crippen molar-refractivity contribution in [1.29, 1.82) is 0 Å². The lowest BCUT2D eigenvalue weighted by Crippen LogP contribution is -2.13. The summed E-state index contributed by atoms with van der Waals surface area (Å²) in [5.74, 6) is 0.765. The Labute approximate surface area is 111 Å². The van der Waals surface area contributed by atoms with E-state index in [-0.39, 0.29) is 5.78 Å². The summed E-state index contributed by atoms with van der Waals surface area (Å²) in [5, 5.41) is 0. The highest BCUT2D eigenvalue weighted by molar-refractivity contribution is 9.10. The van der Waals surface area contributed by atoms with Crippen LogP contribution in [0.3, 0.4) is 0 Å². The minimum absolute atomic E-state index is 0.196. The molecule has 2 rings (SSSR count). The third-order valence-electron chi connectivity index (χ3n) is 3.51. The number of hydrogen-bond donors (Lipinski definition) is 1. The van der Waals surface area contributed by atoms with Gasteiger partial charge in [0, 0.05) is 22.1 Å². The molecule has 0 aliphatic heterocycles. The summed E-state index contributed by atoms with van der Waals surface area (Å²) in [4.78, 5) is 12.1. The van der Waals surface area contributed by atoms with Crippen LogP contribution in [-0.4, -0.2) is 5.78 Å². The topological polar surface area (TPSA) is 43.1 Å². The first-order valence-electron chi connectivity index (χ1n) is 6.25. The number of hydrogen-bond acceptors (Lipinski definition) is 2. The maximum Gasteiger partial charge on any atom is 0.165 e. The Bertz CT molecular complexity index is 411. The van der Waals surface area contributed by atoms with Crippen molar-refractivity contribution >= 4 is 27.4 Å². The highest BCUT2D eigenvalue weighted by Gasteiger charge is 2.19. The van der Waals surface area contributed by atoms with Gasteiger partial charge in [-0.05, 0) is 24.1 Å². The number of halogens is 1. The van der Waals surface area contributed by atoms with Crippen LogP contribution in [0.1, 0.15) is 48.9 Å². The molecule has 1 aliphatic rings. The molecular weight excluding hydrogens is 278 g/mol. The lowest BCUT2D eigenvalue weighted by atomic mass is 9.84. The quantitative estimate of drug-likeness (QED) is 0.671. The number of anilines is 1. The van der Waals surface area contributed by atoms with Gasteiger partial charge in [-0.2, -0.15) is 0 Å². The Morgan fingerprint density at radius 1 is 1.29 bits per heavy atom. The zero-order valence-electron chi connectivity index (χ0n) is 9.92. The number of Topliss-reactive ketones (excluding diaryl/α,β-unsaturated/α-hetero) is 1. The van der Waals surface area contributed by atoms with Gasteiger partial charge in [-0.1, -0.05) is 48.0 Å². The van der Waals surface area contributed by atoms with Gasteiger partial charge in [0.2, 0.25) is 0 Å². The molecule has 0 bridgehead atoms. The monoisotopic (exact) mass is 295 g/mol. The largest absolute Gasteiger partial charge is 0.398 e. The molecule has 0 spiro atoms. The van der Waals surface area contributed by atoms with E-state index in [1.54, 1.807) is 6.07 Å². The number of rotatable bonds is 3. The SMILES string of the molecule is Nc1cc(Br)ccc1C(=O)CC1CCCCC1. The Hall–Kier alpha value is -0.830. The number of benzene rings is 1. The molecule has 0 unspecified atom stereocenters. The van der Waals surface area contributed by atoms with Gasteiger partial charge in [-0.3, -0.25) is 4.79 Å². The minimum atomic E-state index is 0.196. The van der Waals surface area contributed by atoms with Crippen LogP contribution in [0.15, 0.2) is 22.7 Å². The van der Waals surface area contributed by atoms with Gasteiger partial charge in [-0.15, -0.1) is 0 Å². The Morgan fingerprint density at radius 3 is 2.65 bits per heavy atom. The molecule has 0 heterocycles. The van der Waals surface area contributed by atoms with Crippen molar-refractivity contribution in [2.45, 2.75) is 38.5 Å². The molecule has 2 N–H and O–H groups in total. The Morgan fingerprint density at radius 2 is 2.00 bits per heavy atom. The van der Waals surface area contributed by atoms with Crippen molar-refractivity contribution in [2.75, 3.05) is 5.73 Å². The van der Waals surface area contributed by atoms with Crippen LogP contribution in [0.4, 0.5) is 5.69 Å². The van der Waals surface area contributed by atoms with Crippen molar-refractivity contribution in [1.82, 2.24) is 0 Å². The van der Waals surface area contributed by atoms with Crippen LogP contribution in [0.5, 0.6) is 0 Å². The maximum atomic E-state index is 12.1. The van der Waals surface area contributed by atoms with Crippen LogP contribution in [0.2, 0.25) is 0 Å². The molecule has 0 aromatic heterocycles. The summed E-state index contributed by atoms with van der Waals surface area (Å²) in [5.41, 5.74) is 7.14. The standard InChI is InChI=1S/C14H18BrNO/c15-11-6-7-12(13(16)9-11)14(17)8-10-4-2-1-3-5-10/h6-7,9-10H,1-5,8,16H2. The van der Waals surface area contributed by atoms with Crippen LogP contribution < -0.4 is 5.73 Å². The van der Waals surface area contributed by atoms with E-state index in [0.29, 0.717) is 23.6 Å². The molecule has 1 aliphatic carbocycles. The van der Waals surface area contributed by atoms with Crippen molar-refractivity contribution < 1.29 is 4.79 Å². The maximum absolute atomic E-state index is 12.1. The average Bonchev–Trinajstić information content (AvgIpc) is 2.30. The Balaban J connectivity index is 2.03. The summed E-state index contributed by atoms with van der Waals surface area (Å²) < 4.78 is 0.921. The van der Waals surface area contributed by atoms with E-state index in [1.807, 2.05) is 12.1 Å². The normalized spacial score (nSPS) is 17.0.